The maximum Gasteiger partial charge on any atom is 0.407 e. The van der Waals surface area contributed by atoms with E-state index in [1.165, 1.54) is 44.3 Å². The van der Waals surface area contributed by atoms with Crippen LogP contribution in [0.1, 0.15) is 90.6 Å². The smallest absolute Gasteiger partial charge is 0.407 e. The number of carbonyl (C=O) groups is 1. The van der Waals surface area contributed by atoms with Gasteiger partial charge in [0.25, 0.3) is 0 Å². The van der Waals surface area contributed by atoms with E-state index in [4.69, 9.17) is 25.7 Å². The highest BCUT2D eigenvalue weighted by molar-refractivity contribution is 9.08. The van der Waals surface area contributed by atoms with Gasteiger partial charge in [-0.15, -0.1) is 24.8 Å². The number of H-pyrrole nitrogens is 3. The van der Waals surface area contributed by atoms with E-state index in [9.17, 15) is 15.0 Å². The molecule has 0 radical (unpaired) electrons. The Morgan fingerprint density at radius 1 is 0.595 bits per heavy atom. The number of aryl methyl sites for hydroxylation is 1. The Hall–Kier alpha value is -6.39. The van der Waals surface area contributed by atoms with Crippen molar-refractivity contribution in [1.82, 2.24) is 20.3 Å². The fourth-order valence-corrected chi connectivity index (χ4v) is 9.63. The number of fused-ring (bicyclic) bond motifs is 4. The molecule has 16 heteroatoms. The minimum absolute atomic E-state index is 0. The standard InChI is InChI=1S/C29H31N3O2.C15H20N2O3.C11H13NO.C8H8Br2.2ClH/c30-13-11-23-6-5-22-7-8-25(15-27(22)23)33-18-20-1-3-21(4-2-20)19-34-26-9-10-29-28(16-26)24(12-14-31)17-32-29;1-15(2,3)20-14(19)16-7-6-10-9-17-13-5-4-11(18)8-12(10)13;1-2-3-8-7-12-11-5-4-9(13)6-10(8)11;9-5-7-1-2-8(6-10)4-3-7;;/h1-4,6-10,15-17,32H,5,11-14,18-19,30-31H2;4-5,8-9,17-18H,6-7H2,1-3H3,(H,16,19);4-7,12-13H,2-3H2,1H3;1-4H,5-6H2;2*1H. The van der Waals surface area contributed by atoms with E-state index in [0.29, 0.717) is 45.0 Å². The number of phenolic OH excluding ortho intramolecular Hbond substituents is 2. The van der Waals surface area contributed by atoms with E-state index >= 15 is 0 Å². The van der Waals surface area contributed by atoms with Gasteiger partial charge in [0.15, 0.2) is 0 Å². The number of ether oxygens (including phenoxy) is 3. The molecule has 3 aromatic heterocycles. The normalized spacial score (nSPS) is 11.4. The number of aromatic hydroxyl groups is 2. The van der Waals surface area contributed by atoms with Gasteiger partial charge in [-0.1, -0.05) is 106 Å². The van der Waals surface area contributed by atoms with Crippen LogP contribution in [-0.4, -0.2) is 56.5 Å². The van der Waals surface area contributed by atoms with E-state index in [1.807, 2.05) is 63.6 Å². The lowest BCUT2D eigenvalue weighted by atomic mass is 10.0. The van der Waals surface area contributed by atoms with Crippen molar-refractivity contribution in [2.45, 2.75) is 95.7 Å². The van der Waals surface area contributed by atoms with E-state index in [1.54, 1.807) is 18.2 Å². The van der Waals surface area contributed by atoms with Crippen LogP contribution >= 0.6 is 56.7 Å². The van der Waals surface area contributed by atoms with Crippen molar-refractivity contribution in [2.75, 3.05) is 19.6 Å². The molecule has 0 atom stereocenters. The van der Waals surface area contributed by atoms with Gasteiger partial charge in [-0.25, -0.2) is 4.79 Å². The first-order valence-corrected chi connectivity index (χ1v) is 28.4. The number of alkyl halides is 2. The summed E-state index contributed by atoms with van der Waals surface area (Å²) in [5.74, 6) is 2.32. The first kappa shape index (κ1) is 63.4. The number of halogens is 4. The molecule has 0 spiro atoms. The second-order valence-corrected chi connectivity index (χ2v) is 21.0. The number of hydrogen-bond donors (Lipinski definition) is 8. The molecule has 0 aliphatic heterocycles. The number of allylic oxidation sites excluding steroid dienone is 1. The van der Waals surface area contributed by atoms with Gasteiger partial charge in [-0.05, 0) is 188 Å². The number of benzene rings is 6. The first-order chi connectivity index (χ1) is 37.3. The predicted molar refractivity (Wildman–Crippen MR) is 336 cm³/mol. The van der Waals surface area contributed by atoms with Crippen LogP contribution in [0.25, 0.3) is 38.3 Å². The summed E-state index contributed by atoms with van der Waals surface area (Å²) in [5, 5.41) is 26.7. The van der Waals surface area contributed by atoms with E-state index < -0.39 is 11.7 Å². The van der Waals surface area contributed by atoms with E-state index in [-0.39, 0.29) is 30.6 Å². The molecular weight excluding hydrogens is 1170 g/mol. The number of alkyl carbamates (subject to hydrolysis) is 1. The molecule has 0 saturated heterocycles. The van der Waals surface area contributed by atoms with Crippen LogP contribution in [0.15, 0.2) is 146 Å². The Morgan fingerprint density at radius 3 is 1.54 bits per heavy atom. The third-order valence-corrected chi connectivity index (χ3v) is 14.1. The monoisotopic (exact) mass is 1240 g/mol. The highest BCUT2D eigenvalue weighted by atomic mass is 79.9. The van der Waals surface area contributed by atoms with Crippen molar-refractivity contribution < 1.29 is 29.2 Å². The summed E-state index contributed by atoms with van der Waals surface area (Å²) in [7, 11) is 0. The lowest BCUT2D eigenvalue weighted by Crippen LogP contribution is -2.33. The molecule has 9 aromatic rings. The van der Waals surface area contributed by atoms with Crippen LogP contribution in [-0.2, 0) is 54.3 Å². The topological polar surface area (TPSA) is 197 Å². The number of carbonyl (C=O) groups excluding carboxylic acids is 1. The molecule has 0 saturated carbocycles. The van der Waals surface area contributed by atoms with Gasteiger partial charge in [0.05, 0.1) is 0 Å². The summed E-state index contributed by atoms with van der Waals surface area (Å²) >= 11 is 6.78. The number of nitrogens with two attached hydrogens (primary N) is 2. The fourth-order valence-electron chi connectivity index (χ4n) is 8.88. The van der Waals surface area contributed by atoms with Gasteiger partial charge in [0, 0.05) is 68.5 Å². The van der Waals surface area contributed by atoms with Crippen molar-refractivity contribution in [3.05, 3.63) is 196 Å². The molecule has 1 amide bonds. The summed E-state index contributed by atoms with van der Waals surface area (Å²) in [5.41, 5.74) is 26.6. The van der Waals surface area contributed by atoms with Gasteiger partial charge in [0.1, 0.15) is 41.8 Å². The number of hydrogen-bond acceptors (Lipinski definition) is 8. The Balaban J connectivity index is 0.000000215. The highest BCUT2D eigenvalue weighted by Gasteiger charge is 2.17. The van der Waals surface area contributed by atoms with Crippen molar-refractivity contribution in [1.29, 1.82) is 0 Å². The molecule has 79 heavy (non-hydrogen) atoms. The molecule has 3 heterocycles. The average molecular weight is 1240 g/mol. The molecule has 1 aliphatic carbocycles. The Morgan fingerprint density at radius 2 is 1.05 bits per heavy atom. The van der Waals surface area contributed by atoms with Crippen molar-refractivity contribution in [3.8, 4) is 23.0 Å². The summed E-state index contributed by atoms with van der Waals surface area (Å²) in [6.07, 6.45) is 13.4. The molecule has 1 aliphatic rings. The fraction of sp³-hybridized carbons (Fsp3) is 0.286. The summed E-state index contributed by atoms with van der Waals surface area (Å²) < 4.78 is 17.3. The lowest BCUT2D eigenvalue weighted by molar-refractivity contribution is 0.0528. The minimum atomic E-state index is -0.489. The summed E-state index contributed by atoms with van der Waals surface area (Å²) in [4.78, 5) is 21.1. The minimum Gasteiger partial charge on any atom is -0.508 e. The maximum absolute atomic E-state index is 11.5. The van der Waals surface area contributed by atoms with E-state index in [0.717, 1.165) is 98.3 Å². The van der Waals surface area contributed by atoms with Gasteiger partial charge in [-0.2, -0.15) is 0 Å². The number of phenols is 2. The maximum atomic E-state index is 11.5. The van der Waals surface area contributed by atoms with Crippen LogP contribution in [0.4, 0.5) is 4.79 Å². The molecule has 12 nitrogen and oxygen atoms in total. The summed E-state index contributed by atoms with van der Waals surface area (Å²) in [6.45, 7) is 10.5. The third kappa shape index (κ3) is 18.9. The number of amides is 1. The van der Waals surface area contributed by atoms with Crippen molar-refractivity contribution in [2.24, 2.45) is 11.5 Å². The highest BCUT2D eigenvalue weighted by Crippen LogP contribution is 2.33. The van der Waals surface area contributed by atoms with E-state index in [2.05, 4.69) is 144 Å². The van der Waals surface area contributed by atoms with Crippen LogP contribution < -0.4 is 26.3 Å². The van der Waals surface area contributed by atoms with Gasteiger partial charge in [-0.3, -0.25) is 0 Å². The first-order valence-electron chi connectivity index (χ1n) is 26.2. The van der Waals surface area contributed by atoms with Crippen LogP contribution in [0, 0.1) is 0 Å². The summed E-state index contributed by atoms with van der Waals surface area (Å²) in [6, 6.07) is 40.0. The molecule has 10 N–H and O–H groups in total. The molecule has 0 fully saturated rings. The number of rotatable bonds is 17. The zero-order valence-electron chi connectivity index (χ0n) is 45.3. The second-order valence-electron chi connectivity index (χ2n) is 19.8. The lowest BCUT2D eigenvalue weighted by Gasteiger charge is -2.19. The Labute approximate surface area is 493 Å². The quantitative estimate of drug-likeness (QED) is 0.0412. The molecule has 0 unspecified atom stereocenters. The third-order valence-electron chi connectivity index (χ3n) is 12.8. The van der Waals surface area contributed by atoms with Gasteiger partial charge in [0.2, 0.25) is 0 Å². The number of nitrogens with one attached hydrogen (secondary N) is 4. The largest absolute Gasteiger partial charge is 0.508 e. The molecule has 420 valence electrons. The zero-order chi connectivity index (χ0) is 54.7. The number of aromatic nitrogens is 3. The number of aromatic amines is 3. The molecule has 6 aromatic carbocycles. The molecule has 0 bridgehead atoms. The molecular formula is C63H74Br2Cl2N6O6. The molecule has 10 rings (SSSR count). The second kappa shape index (κ2) is 31.4. The Kier molecular flexibility index (Phi) is 25.2. The van der Waals surface area contributed by atoms with Crippen LogP contribution in [0.5, 0.6) is 23.0 Å². The van der Waals surface area contributed by atoms with Gasteiger partial charge >= 0.3 is 6.09 Å². The van der Waals surface area contributed by atoms with Crippen molar-refractivity contribution >= 4 is 101 Å². The SMILES string of the molecule is BrCc1ccc(CBr)cc1.CC(C)(C)OC(=O)NCCc1c[nH]c2ccc(O)cc12.CCCc1c[nH]c2ccc(O)cc12.Cl.Cl.NCCC1=CCc2ccc(OCc3ccc(COc4ccc5[nH]cc(CCN)c5c4)cc3)cc21. The van der Waals surface area contributed by atoms with Crippen LogP contribution in [0.3, 0.4) is 0 Å². The average Bonchev–Trinajstić information content (AvgIpc) is 4.30. The van der Waals surface area contributed by atoms with Gasteiger partial charge < -0.3 is 56.2 Å². The zero-order valence-corrected chi connectivity index (χ0v) is 50.1. The Bertz CT molecular complexity index is 3330. The van der Waals surface area contributed by atoms with Crippen LogP contribution in [0.2, 0.25) is 0 Å². The van der Waals surface area contributed by atoms with Crippen molar-refractivity contribution in [3.63, 3.8) is 0 Å². The predicted octanol–water partition coefficient (Wildman–Crippen LogP) is 15.2.